The number of ether oxygens (including phenoxy) is 1. The molecule has 1 amide bonds. The van der Waals surface area contributed by atoms with E-state index >= 15 is 0 Å². The first-order valence-electron chi connectivity index (χ1n) is 14.0. The predicted molar refractivity (Wildman–Crippen MR) is 141 cm³/mol. The van der Waals surface area contributed by atoms with Crippen molar-refractivity contribution in [2.24, 2.45) is 34.0 Å². The van der Waals surface area contributed by atoms with Gasteiger partial charge in [-0.05, 0) is 68.4 Å². The van der Waals surface area contributed by atoms with Crippen LogP contribution in [0.4, 0.5) is 10.1 Å². The van der Waals surface area contributed by atoms with Crippen molar-refractivity contribution < 1.29 is 34.0 Å². The molecule has 1 unspecified atom stereocenters. The molecule has 39 heavy (non-hydrogen) atoms. The molecule has 1 aromatic rings. The Hall–Kier alpha value is -2.33. The number of allylic oxidation sites excluding steroid dienone is 1. The molecule has 4 fully saturated rings. The zero-order chi connectivity index (χ0) is 28.1. The summed E-state index contributed by atoms with van der Waals surface area (Å²) >= 11 is 0. The Bertz CT molecular complexity index is 1260. The molecule has 2 saturated heterocycles. The maximum absolute atomic E-state index is 14.9. The van der Waals surface area contributed by atoms with Gasteiger partial charge in [0.05, 0.1) is 18.4 Å². The first-order chi connectivity index (χ1) is 18.4. The van der Waals surface area contributed by atoms with Crippen molar-refractivity contribution in [3.05, 3.63) is 41.7 Å². The number of halogens is 1. The molecule has 1 aromatic carbocycles. The van der Waals surface area contributed by atoms with E-state index in [4.69, 9.17) is 4.74 Å². The number of aliphatic hydroxyl groups is 3. The Morgan fingerprint density at radius 2 is 1.95 bits per heavy atom. The van der Waals surface area contributed by atoms with Crippen LogP contribution in [0.25, 0.3) is 0 Å². The van der Waals surface area contributed by atoms with E-state index in [1.54, 1.807) is 18.0 Å². The zero-order valence-electron chi connectivity index (χ0n) is 22.9. The highest BCUT2D eigenvalue weighted by Gasteiger charge is 2.79. The summed E-state index contributed by atoms with van der Waals surface area (Å²) in [5.74, 6) is -2.30. The molecular weight excluding hydrogens is 503 g/mol. The van der Waals surface area contributed by atoms with Gasteiger partial charge in [-0.2, -0.15) is 0 Å². The Balaban J connectivity index is 1.48. The van der Waals surface area contributed by atoms with Crippen LogP contribution in [-0.2, 0) is 19.9 Å². The van der Waals surface area contributed by atoms with Crippen molar-refractivity contribution in [3.8, 4) is 0 Å². The van der Waals surface area contributed by atoms with Gasteiger partial charge in [0.15, 0.2) is 0 Å². The Kier molecular flexibility index (Phi) is 5.91. The molecule has 5 aliphatic rings. The van der Waals surface area contributed by atoms with E-state index < -0.39 is 52.2 Å². The smallest absolute Gasteiger partial charge is 0.318 e. The van der Waals surface area contributed by atoms with E-state index in [2.05, 4.69) is 18.8 Å². The molecule has 212 valence electrons. The standard InChI is InChI=1S/C30H39FN2O6/c1-16-8-9-21-27(2,11-10-22(35)28(21,3)15-34)19(16)12-17-13-33(4)30(29(17)23(36)14-39-26(29)38)18-6-5-7-20(31)24(18)32-25(30)37/h5-7,17,19,21-23,34-36H,1,8-15H2,2-4H3,(H,32,37)/t17?,19-,21+,22-,23-,27+,28+,29-,30+/m1/s1. The molecule has 2 spiro atoms. The highest BCUT2D eigenvalue weighted by atomic mass is 19.1. The van der Waals surface area contributed by atoms with Crippen LogP contribution < -0.4 is 5.32 Å². The van der Waals surface area contributed by atoms with E-state index in [9.17, 15) is 29.3 Å². The third kappa shape index (κ3) is 3.02. The predicted octanol–water partition coefficient (Wildman–Crippen LogP) is 2.57. The van der Waals surface area contributed by atoms with Gasteiger partial charge in [-0.15, -0.1) is 0 Å². The van der Waals surface area contributed by atoms with Gasteiger partial charge in [0.25, 0.3) is 5.91 Å². The van der Waals surface area contributed by atoms with Crippen LogP contribution in [0.15, 0.2) is 30.4 Å². The van der Waals surface area contributed by atoms with Crippen LogP contribution in [0.5, 0.6) is 0 Å². The number of likely N-dealkylation sites (tertiary alicyclic amines) is 1. The van der Waals surface area contributed by atoms with Gasteiger partial charge < -0.3 is 25.4 Å². The summed E-state index contributed by atoms with van der Waals surface area (Å²) in [7, 11) is 1.75. The van der Waals surface area contributed by atoms with Crippen molar-refractivity contribution in [3.63, 3.8) is 0 Å². The number of carbonyl (C=O) groups excluding carboxylic acids is 2. The summed E-state index contributed by atoms with van der Waals surface area (Å²) in [6.07, 6.45) is 1.42. The molecule has 3 aliphatic heterocycles. The third-order valence-electron chi connectivity index (χ3n) is 11.7. The van der Waals surface area contributed by atoms with Gasteiger partial charge in [0.1, 0.15) is 29.5 Å². The van der Waals surface area contributed by atoms with Gasteiger partial charge in [-0.25, -0.2) is 4.39 Å². The lowest BCUT2D eigenvalue weighted by Gasteiger charge is -2.60. The third-order valence-corrected chi connectivity index (χ3v) is 11.7. The summed E-state index contributed by atoms with van der Waals surface area (Å²) in [5, 5.41) is 35.6. The number of hydrogen-bond acceptors (Lipinski definition) is 7. The molecule has 6 rings (SSSR count). The molecule has 9 heteroatoms. The normalized spacial score (nSPS) is 45.5. The average Bonchev–Trinajstić information content (AvgIpc) is 3.47. The number of nitrogens with zero attached hydrogens (tertiary/aromatic N) is 1. The van der Waals surface area contributed by atoms with Crippen molar-refractivity contribution >= 4 is 17.6 Å². The minimum atomic E-state index is -1.64. The Labute approximate surface area is 228 Å². The second kappa shape index (κ2) is 8.59. The van der Waals surface area contributed by atoms with E-state index in [1.165, 1.54) is 12.1 Å². The van der Waals surface area contributed by atoms with Crippen molar-refractivity contribution in [1.82, 2.24) is 4.90 Å². The number of fused-ring (bicyclic) bond motifs is 4. The largest absolute Gasteiger partial charge is 0.462 e. The maximum atomic E-state index is 14.9. The molecule has 9 atom stereocenters. The monoisotopic (exact) mass is 542 g/mol. The van der Waals surface area contributed by atoms with Crippen LogP contribution in [0.3, 0.4) is 0 Å². The summed E-state index contributed by atoms with van der Waals surface area (Å²) in [6.45, 7) is 8.56. The first-order valence-corrected chi connectivity index (χ1v) is 14.0. The van der Waals surface area contributed by atoms with Crippen LogP contribution in [0, 0.1) is 39.8 Å². The maximum Gasteiger partial charge on any atom is 0.318 e. The second-order valence-electron chi connectivity index (χ2n) is 13.1. The number of rotatable bonds is 3. The molecule has 8 nitrogen and oxygen atoms in total. The molecule has 4 N–H and O–H groups in total. The SMILES string of the molecule is C=C1CC[C@@H]2[C@](C)(CO)[C@H](O)CC[C@@]2(C)[C@@H]1CC1CN(C)[C@@]2(C(=O)Nc3c(F)cccc32)[C@]12C(=O)OC[C@H]2O. The number of esters is 1. The number of para-hydroxylation sites is 1. The summed E-state index contributed by atoms with van der Waals surface area (Å²) in [4.78, 5) is 29.6. The fourth-order valence-electron chi connectivity index (χ4n) is 9.84. The van der Waals surface area contributed by atoms with Crippen LogP contribution >= 0.6 is 0 Å². The number of aliphatic hydroxyl groups excluding tert-OH is 3. The van der Waals surface area contributed by atoms with E-state index in [1.807, 2.05) is 6.92 Å². The fraction of sp³-hybridized carbons (Fsp3) is 0.667. The second-order valence-corrected chi connectivity index (χ2v) is 13.1. The molecular formula is C30H39FN2O6. The van der Waals surface area contributed by atoms with Crippen LogP contribution in [-0.4, -0.2) is 71.1 Å². The van der Waals surface area contributed by atoms with Gasteiger partial charge in [-0.1, -0.05) is 38.1 Å². The van der Waals surface area contributed by atoms with Crippen LogP contribution in [0.1, 0.15) is 51.5 Å². The average molecular weight is 543 g/mol. The highest BCUT2D eigenvalue weighted by molar-refractivity contribution is 6.10. The minimum Gasteiger partial charge on any atom is -0.462 e. The van der Waals surface area contributed by atoms with E-state index in [-0.39, 0.29) is 36.2 Å². The van der Waals surface area contributed by atoms with Gasteiger partial charge in [0, 0.05) is 17.5 Å². The van der Waals surface area contributed by atoms with Crippen molar-refractivity contribution in [2.45, 2.75) is 63.7 Å². The molecule has 0 bridgehead atoms. The minimum absolute atomic E-state index is 0.0309. The number of nitrogens with one attached hydrogen (secondary N) is 1. The highest BCUT2D eigenvalue weighted by Crippen LogP contribution is 2.67. The summed E-state index contributed by atoms with van der Waals surface area (Å²) < 4.78 is 20.4. The van der Waals surface area contributed by atoms with Crippen molar-refractivity contribution in [1.29, 1.82) is 0 Å². The van der Waals surface area contributed by atoms with Crippen LogP contribution in [0.2, 0.25) is 0 Å². The molecule has 2 aliphatic carbocycles. The number of likely N-dealkylation sites (N-methyl/N-ethyl adjacent to an activating group) is 1. The zero-order valence-corrected chi connectivity index (χ0v) is 22.9. The Morgan fingerprint density at radius 3 is 2.62 bits per heavy atom. The molecule has 3 heterocycles. The molecule has 2 saturated carbocycles. The topological polar surface area (TPSA) is 119 Å². The van der Waals surface area contributed by atoms with Crippen molar-refractivity contribution in [2.75, 3.05) is 32.1 Å². The lowest BCUT2D eigenvalue weighted by atomic mass is 9.45. The lowest BCUT2D eigenvalue weighted by molar-refractivity contribution is -0.165. The number of carbonyl (C=O) groups is 2. The lowest BCUT2D eigenvalue weighted by Crippen LogP contribution is -2.62. The number of amides is 1. The number of cyclic esters (lactones) is 1. The fourth-order valence-corrected chi connectivity index (χ4v) is 9.84. The first kappa shape index (κ1) is 26.9. The van der Waals surface area contributed by atoms with Gasteiger partial charge in [-0.3, -0.25) is 14.5 Å². The van der Waals surface area contributed by atoms with Gasteiger partial charge >= 0.3 is 5.97 Å². The van der Waals surface area contributed by atoms with E-state index in [0.717, 1.165) is 24.8 Å². The number of anilines is 1. The van der Waals surface area contributed by atoms with E-state index in [0.29, 0.717) is 24.9 Å². The Morgan fingerprint density at radius 1 is 1.21 bits per heavy atom. The summed E-state index contributed by atoms with van der Waals surface area (Å²) in [6, 6.07) is 4.44. The summed E-state index contributed by atoms with van der Waals surface area (Å²) in [5.41, 5.74) is -2.80. The number of benzene rings is 1. The quantitative estimate of drug-likeness (QED) is 0.342. The molecule has 0 radical (unpaired) electrons. The van der Waals surface area contributed by atoms with Gasteiger partial charge in [0.2, 0.25) is 0 Å². The number of hydrogen-bond donors (Lipinski definition) is 4. The molecule has 0 aromatic heterocycles.